The van der Waals surface area contributed by atoms with Gasteiger partial charge in [0.1, 0.15) is 23.8 Å². The Morgan fingerprint density at radius 1 is 1.11 bits per heavy atom. The van der Waals surface area contributed by atoms with Gasteiger partial charge < -0.3 is 19.7 Å². The van der Waals surface area contributed by atoms with Crippen LogP contribution in [0.15, 0.2) is 64.3 Å². The van der Waals surface area contributed by atoms with Crippen molar-refractivity contribution >= 4 is 6.09 Å². The van der Waals surface area contributed by atoms with E-state index in [1.165, 1.54) is 15.7 Å². The molecular formula is C25H25N3O7. The summed E-state index contributed by atoms with van der Waals surface area (Å²) in [6, 6.07) is 13.8. The van der Waals surface area contributed by atoms with Gasteiger partial charge in [-0.15, -0.1) is 0 Å². The maximum absolute atomic E-state index is 12.5. The third kappa shape index (κ3) is 4.11. The van der Waals surface area contributed by atoms with Gasteiger partial charge in [-0.25, -0.2) is 9.59 Å². The highest BCUT2D eigenvalue weighted by molar-refractivity contribution is 5.68. The molecule has 3 heterocycles. The van der Waals surface area contributed by atoms with Crippen LogP contribution in [0.3, 0.4) is 0 Å². The molecule has 10 heteroatoms. The van der Waals surface area contributed by atoms with Gasteiger partial charge in [-0.05, 0) is 18.6 Å². The topological polar surface area (TPSA) is 134 Å². The predicted molar refractivity (Wildman–Crippen MR) is 125 cm³/mol. The fourth-order valence-electron chi connectivity index (χ4n) is 4.75. The molecule has 0 radical (unpaired) electrons. The van der Waals surface area contributed by atoms with Gasteiger partial charge in [0.05, 0.1) is 18.7 Å². The number of nitrogens with zero attached hydrogens (tertiary/aromatic N) is 2. The van der Waals surface area contributed by atoms with Crippen LogP contribution in [-0.2, 0) is 11.2 Å². The number of hydrogen-bond donors (Lipinski definition) is 3. The van der Waals surface area contributed by atoms with Crippen molar-refractivity contribution in [2.24, 2.45) is 0 Å². The minimum atomic E-state index is -1.18. The van der Waals surface area contributed by atoms with Crippen molar-refractivity contribution in [2.45, 2.75) is 44.2 Å². The second kappa shape index (κ2) is 9.05. The Hall–Kier alpha value is -3.89. The van der Waals surface area contributed by atoms with Gasteiger partial charge in [-0.2, -0.15) is 0 Å². The maximum atomic E-state index is 12.5. The fourth-order valence-corrected chi connectivity index (χ4v) is 4.75. The smallest absolute Gasteiger partial charge is 0.408 e. The highest BCUT2D eigenvalue weighted by atomic mass is 16.5. The van der Waals surface area contributed by atoms with E-state index in [0.717, 1.165) is 0 Å². The molecule has 1 aromatic heterocycles. The fraction of sp³-hybridized carbons (Fsp3) is 0.320. The molecule has 0 bridgehead atoms. The van der Waals surface area contributed by atoms with Crippen molar-refractivity contribution in [3.8, 4) is 11.5 Å². The lowest BCUT2D eigenvalue weighted by atomic mass is 9.93. The Morgan fingerprint density at radius 3 is 2.34 bits per heavy atom. The van der Waals surface area contributed by atoms with Gasteiger partial charge in [-0.3, -0.25) is 19.2 Å². The van der Waals surface area contributed by atoms with Gasteiger partial charge in [0.2, 0.25) is 0 Å². The van der Waals surface area contributed by atoms with Gasteiger partial charge in [0.15, 0.2) is 0 Å². The number of aryl methyl sites for hydroxylation is 1. The second-order valence-electron chi connectivity index (χ2n) is 8.62. The number of nitrogens with one attached hydrogen (secondary N) is 1. The molecule has 1 fully saturated rings. The first-order chi connectivity index (χ1) is 16.9. The summed E-state index contributed by atoms with van der Waals surface area (Å²) in [4.78, 5) is 40.3. The van der Waals surface area contributed by atoms with E-state index in [1.807, 2.05) is 36.4 Å². The van der Waals surface area contributed by atoms with E-state index in [4.69, 9.17) is 9.47 Å². The van der Waals surface area contributed by atoms with Crippen molar-refractivity contribution in [1.29, 1.82) is 0 Å². The standard InChI is InChI=1S/C25H25N3O7/c1-2-14-12-27(24(31)26-23(14)30)21-11-17(29)20(35-21)13-28(25(32)33)22-15-7-3-5-9-18(15)34-19-10-6-4-8-16(19)22/h3-10,12,17,20-22,29H,2,11,13H2,1H3,(H,32,33)(H,26,30,31)/t17-,20+,21+/m0/s1. The molecule has 3 atom stereocenters. The molecule has 182 valence electrons. The van der Waals surface area contributed by atoms with Crippen LogP contribution in [0.4, 0.5) is 4.79 Å². The molecule has 1 saturated heterocycles. The molecule has 5 rings (SSSR count). The summed E-state index contributed by atoms with van der Waals surface area (Å²) in [5.74, 6) is 1.11. The van der Waals surface area contributed by atoms with Gasteiger partial charge in [0, 0.05) is 29.3 Å². The number of carbonyl (C=O) groups is 1. The van der Waals surface area contributed by atoms with Crippen molar-refractivity contribution in [3.63, 3.8) is 0 Å². The van der Waals surface area contributed by atoms with E-state index < -0.39 is 41.8 Å². The second-order valence-corrected chi connectivity index (χ2v) is 8.62. The van der Waals surface area contributed by atoms with Gasteiger partial charge in [0.25, 0.3) is 5.56 Å². The summed E-state index contributed by atoms with van der Waals surface area (Å²) < 4.78 is 13.2. The van der Waals surface area contributed by atoms with Crippen molar-refractivity contribution in [2.75, 3.05) is 6.54 Å². The van der Waals surface area contributed by atoms with Gasteiger partial charge >= 0.3 is 11.8 Å². The number of aromatic amines is 1. The van der Waals surface area contributed by atoms with Crippen molar-refractivity contribution in [3.05, 3.63) is 92.3 Å². The average molecular weight is 479 g/mol. The number of hydrogen-bond acceptors (Lipinski definition) is 6. The summed E-state index contributed by atoms with van der Waals surface area (Å²) in [6.07, 6.45) is -2.00. The highest BCUT2D eigenvalue weighted by Gasteiger charge is 2.41. The number of benzene rings is 2. The number of fused-ring (bicyclic) bond motifs is 2. The SMILES string of the molecule is CCc1cn([C@H]2C[C@H](O)[C@@H](CN(C(=O)O)C3c4ccccc4Oc4ccccc43)O2)c(=O)[nH]c1=O. The minimum Gasteiger partial charge on any atom is -0.465 e. The van der Waals surface area contributed by atoms with E-state index in [-0.39, 0.29) is 13.0 Å². The zero-order chi connectivity index (χ0) is 24.7. The Kier molecular flexibility index (Phi) is 5.91. The van der Waals surface area contributed by atoms with E-state index in [9.17, 15) is 24.6 Å². The molecule has 2 aromatic carbocycles. The summed E-state index contributed by atoms with van der Waals surface area (Å²) in [5, 5.41) is 21.0. The zero-order valence-corrected chi connectivity index (χ0v) is 19.0. The number of H-pyrrole nitrogens is 1. The molecule has 3 aromatic rings. The molecule has 0 aliphatic carbocycles. The number of para-hydroxylation sites is 2. The lowest BCUT2D eigenvalue weighted by Gasteiger charge is -2.36. The van der Waals surface area contributed by atoms with Crippen LogP contribution < -0.4 is 16.0 Å². The Balaban J connectivity index is 1.46. The number of aliphatic hydroxyl groups is 1. The molecular weight excluding hydrogens is 454 g/mol. The number of amides is 1. The van der Waals surface area contributed by atoms with Crippen LogP contribution in [-0.4, -0.2) is 49.5 Å². The highest BCUT2D eigenvalue weighted by Crippen LogP contribution is 2.46. The van der Waals surface area contributed by atoms with Crippen LogP contribution in [0.1, 0.15) is 42.3 Å². The monoisotopic (exact) mass is 479 g/mol. The number of aromatic nitrogens is 2. The average Bonchev–Trinajstić information content (AvgIpc) is 3.21. The summed E-state index contributed by atoms with van der Waals surface area (Å²) in [6.45, 7) is 1.65. The quantitative estimate of drug-likeness (QED) is 0.512. The third-order valence-corrected chi connectivity index (χ3v) is 6.52. The summed E-state index contributed by atoms with van der Waals surface area (Å²) >= 11 is 0. The molecule has 1 amide bonds. The summed E-state index contributed by atoms with van der Waals surface area (Å²) in [5.41, 5.74) is 0.669. The first-order valence-corrected chi connectivity index (χ1v) is 11.4. The van der Waals surface area contributed by atoms with Crippen molar-refractivity contribution < 1.29 is 24.5 Å². The van der Waals surface area contributed by atoms with Crippen LogP contribution in [0, 0.1) is 0 Å². The summed E-state index contributed by atoms with van der Waals surface area (Å²) in [7, 11) is 0. The normalized spacial score (nSPS) is 21.1. The molecule has 0 spiro atoms. The van der Waals surface area contributed by atoms with E-state index in [0.29, 0.717) is 34.6 Å². The first-order valence-electron chi connectivity index (χ1n) is 11.4. The maximum Gasteiger partial charge on any atom is 0.408 e. The zero-order valence-electron chi connectivity index (χ0n) is 19.0. The molecule has 0 unspecified atom stereocenters. The number of aliphatic hydroxyl groups excluding tert-OH is 1. The molecule has 2 aliphatic heterocycles. The van der Waals surface area contributed by atoms with Crippen molar-refractivity contribution in [1.82, 2.24) is 14.5 Å². The Morgan fingerprint density at radius 2 is 1.74 bits per heavy atom. The number of rotatable bonds is 5. The number of ether oxygens (including phenoxy) is 2. The van der Waals surface area contributed by atoms with E-state index in [2.05, 4.69) is 4.98 Å². The largest absolute Gasteiger partial charge is 0.465 e. The van der Waals surface area contributed by atoms with E-state index in [1.54, 1.807) is 19.1 Å². The van der Waals surface area contributed by atoms with Crippen LogP contribution in [0.5, 0.6) is 11.5 Å². The molecule has 10 nitrogen and oxygen atoms in total. The molecule has 35 heavy (non-hydrogen) atoms. The predicted octanol–water partition coefficient (Wildman–Crippen LogP) is 2.62. The minimum absolute atomic E-state index is 0.0776. The van der Waals surface area contributed by atoms with Gasteiger partial charge in [-0.1, -0.05) is 43.3 Å². The molecule has 2 aliphatic rings. The molecule has 3 N–H and O–H groups in total. The Bertz CT molecular complexity index is 1340. The van der Waals surface area contributed by atoms with Crippen LogP contribution >= 0.6 is 0 Å². The Labute approximate surface area is 200 Å². The molecule has 0 saturated carbocycles. The first kappa shape index (κ1) is 22.9. The lowest BCUT2D eigenvalue weighted by molar-refractivity contribution is -0.0373. The third-order valence-electron chi connectivity index (χ3n) is 6.52. The van der Waals surface area contributed by atoms with E-state index >= 15 is 0 Å². The van der Waals surface area contributed by atoms with Crippen LogP contribution in [0.2, 0.25) is 0 Å². The number of carboxylic acid groups (broad SMARTS) is 1. The van der Waals surface area contributed by atoms with Crippen LogP contribution in [0.25, 0.3) is 0 Å². The lowest BCUT2D eigenvalue weighted by Crippen LogP contribution is -2.43.